The van der Waals surface area contributed by atoms with Crippen molar-refractivity contribution in [2.75, 3.05) is 20.2 Å². The summed E-state index contributed by atoms with van der Waals surface area (Å²) in [4.78, 5) is 25.8. The lowest BCUT2D eigenvalue weighted by Crippen LogP contribution is -2.42. The standard InChI is InChI=1S/C20H27NO5/c1-20(2)16(17(20)19(23)24)18(22)21-10-8-14(9-11-21)26-12-13-6-4-5-7-15(13)25-3/h4-7,14,16-17H,8-12H2,1-3H3,(H,23,24)/t16-,17+/m0/s1. The highest BCUT2D eigenvalue weighted by molar-refractivity contribution is 5.91. The smallest absolute Gasteiger partial charge is 0.307 e. The number of nitrogens with zero attached hydrogens (tertiary/aromatic N) is 1. The number of carbonyl (C=O) groups excluding carboxylic acids is 1. The number of carboxylic acids is 1. The number of methoxy groups -OCH3 is 1. The Hall–Kier alpha value is -2.08. The number of likely N-dealkylation sites (tertiary alicyclic amines) is 1. The van der Waals surface area contributed by atoms with Gasteiger partial charge in [-0.3, -0.25) is 9.59 Å². The molecule has 1 aromatic rings. The molecule has 0 spiro atoms. The van der Waals surface area contributed by atoms with Crippen molar-refractivity contribution in [3.63, 3.8) is 0 Å². The number of ether oxygens (including phenoxy) is 2. The summed E-state index contributed by atoms with van der Waals surface area (Å²) >= 11 is 0. The van der Waals surface area contributed by atoms with Gasteiger partial charge in [-0.1, -0.05) is 32.0 Å². The number of rotatable bonds is 6. The molecule has 0 bridgehead atoms. The lowest BCUT2D eigenvalue weighted by atomic mass is 10.0. The molecule has 3 rings (SSSR count). The molecule has 1 aliphatic heterocycles. The van der Waals surface area contributed by atoms with Crippen LogP contribution in [0.4, 0.5) is 0 Å². The monoisotopic (exact) mass is 361 g/mol. The highest BCUT2D eigenvalue weighted by Crippen LogP contribution is 2.59. The molecular weight excluding hydrogens is 334 g/mol. The number of benzene rings is 1. The highest BCUT2D eigenvalue weighted by Gasteiger charge is 2.66. The second-order valence-electron chi connectivity index (χ2n) is 7.76. The van der Waals surface area contributed by atoms with Crippen LogP contribution in [-0.4, -0.2) is 48.2 Å². The molecular formula is C20H27NO5. The third-order valence-corrected chi connectivity index (χ3v) is 5.78. The molecule has 1 N–H and O–H groups in total. The van der Waals surface area contributed by atoms with Crippen LogP contribution in [0.3, 0.4) is 0 Å². The van der Waals surface area contributed by atoms with Crippen molar-refractivity contribution >= 4 is 11.9 Å². The van der Waals surface area contributed by atoms with Crippen LogP contribution in [0.15, 0.2) is 24.3 Å². The molecule has 1 saturated heterocycles. The molecule has 0 radical (unpaired) electrons. The zero-order valence-corrected chi connectivity index (χ0v) is 15.6. The third kappa shape index (κ3) is 3.56. The predicted octanol–water partition coefficient (Wildman–Crippen LogP) is 2.56. The third-order valence-electron chi connectivity index (χ3n) is 5.78. The number of carboxylic acid groups (broad SMARTS) is 1. The number of para-hydroxylation sites is 1. The number of aliphatic carboxylic acids is 1. The molecule has 2 fully saturated rings. The number of piperidine rings is 1. The average molecular weight is 361 g/mol. The van der Waals surface area contributed by atoms with Crippen molar-refractivity contribution in [2.45, 2.75) is 39.4 Å². The van der Waals surface area contributed by atoms with Crippen LogP contribution in [0.2, 0.25) is 0 Å². The van der Waals surface area contributed by atoms with Crippen molar-refractivity contribution in [2.24, 2.45) is 17.3 Å². The summed E-state index contributed by atoms with van der Waals surface area (Å²) in [6.07, 6.45) is 1.64. The molecule has 142 valence electrons. The molecule has 6 heteroatoms. The van der Waals surface area contributed by atoms with Gasteiger partial charge in [0, 0.05) is 18.7 Å². The lowest BCUT2D eigenvalue weighted by molar-refractivity contribution is -0.143. The quantitative estimate of drug-likeness (QED) is 0.843. The van der Waals surface area contributed by atoms with Gasteiger partial charge in [-0.2, -0.15) is 0 Å². The van der Waals surface area contributed by atoms with Gasteiger partial charge in [0.05, 0.1) is 31.7 Å². The van der Waals surface area contributed by atoms with E-state index in [0.717, 1.165) is 24.2 Å². The molecule has 2 atom stereocenters. The Morgan fingerprint density at radius 3 is 2.42 bits per heavy atom. The molecule has 26 heavy (non-hydrogen) atoms. The summed E-state index contributed by atoms with van der Waals surface area (Å²) in [6, 6.07) is 7.78. The van der Waals surface area contributed by atoms with Crippen LogP contribution in [0.25, 0.3) is 0 Å². The van der Waals surface area contributed by atoms with E-state index in [9.17, 15) is 14.7 Å². The van der Waals surface area contributed by atoms with Crippen molar-refractivity contribution in [3.05, 3.63) is 29.8 Å². The maximum atomic E-state index is 12.7. The molecule has 0 aromatic heterocycles. The molecule has 1 aromatic carbocycles. The van der Waals surface area contributed by atoms with Gasteiger partial charge < -0.3 is 19.5 Å². The van der Waals surface area contributed by atoms with Crippen LogP contribution in [-0.2, 0) is 20.9 Å². The van der Waals surface area contributed by atoms with E-state index >= 15 is 0 Å². The molecule has 6 nitrogen and oxygen atoms in total. The fourth-order valence-corrected chi connectivity index (χ4v) is 4.03. The first-order valence-corrected chi connectivity index (χ1v) is 9.11. The minimum Gasteiger partial charge on any atom is -0.496 e. The molecule has 0 unspecified atom stereocenters. The van der Waals surface area contributed by atoms with E-state index in [1.54, 1.807) is 12.0 Å². The van der Waals surface area contributed by atoms with Crippen LogP contribution in [0, 0.1) is 17.3 Å². The van der Waals surface area contributed by atoms with Gasteiger partial charge in [0.15, 0.2) is 0 Å². The van der Waals surface area contributed by atoms with Gasteiger partial charge in [0.2, 0.25) is 5.91 Å². The Bertz CT molecular complexity index is 679. The van der Waals surface area contributed by atoms with E-state index in [-0.39, 0.29) is 12.0 Å². The maximum Gasteiger partial charge on any atom is 0.307 e. The van der Waals surface area contributed by atoms with E-state index < -0.39 is 23.2 Å². The van der Waals surface area contributed by atoms with Crippen molar-refractivity contribution in [1.82, 2.24) is 4.90 Å². The van der Waals surface area contributed by atoms with Crippen LogP contribution in [0.1, 0.15) is 32.3 Å². The fraction of sp³-hybridized carbons (Fsp3) is 0.600. The summed E-state index contributed by atoms with van der Waals surface area (Å²) in [5.41, 5.74) is 0.567. The summed E-state index contributed by atoms with van der Waals surface area (Å²) in [5, 5.41) is 9.27. The summed E-state index contributed by atoms with van der Waals surface area (Å²) in [6.45, 7) is 5.44. The van der Waals surface area contributed by atoms with Gasteiger partial charge in [0.25, 0.3) is 0 Å². The Kier molecular flexibility index (Phi) is 5.23. The SMILES string of the molecule is COc1ccccc1COC1CCN(C(=O)[C@@H]2[C@H](C(=O)O)C2(C)C)CC1. The van der Waals surface area contributed by atoms with E-state index in [1.165, 1.54) is 0 Å². The molecule has 1 amide bonds. The Morgan fingerprint density at radius 2 is 1.85 bits per heavy atom. The average Bonchev–Trinajstić information content (AvgIpc) is 3.22. The van der Waals surface area contributed by atoms with Crippen LogP contribution in [0.5, 0.6) is 5.75 Å². The zero-order valence-electron chi connectivity index (χ0n) is 15.6. The highest BCUT2D eigenvalue weighted by atomic mass is 16.5. The maximum absolute atomic E-state index is 12.7. The number of hydrogen-bond donors (Lipinski definition) is 1. The second-order valence-corrected chi connectivity index (χ2v) is 7.76. The molecule has 1 heterocycles. The predicted molar refractivity (Wildman–Crippen MR) is 95.8 cm³/mol. The Morgan fingerprint density at radius 1 is 1.19 bits per heavy atom. The van der Waals surface area contributed by atoms with Gasteiger partial charge in [-0.15, -0.1) is 0 Å². The number of amides is 1. The van der Waals surface area contributed by atoms with Crippen molar-refractivity contribution in [1.29, 1.82) is 0 Å². The first-order valence-electron chi connectivity index (χ1n) is 9.11. The van der Waals surface area contributed by atoms with Gasteiger partial charge in [-0.05, 0) is 24.3 Å². The Balaban J connectivity index is 1.49. The van der Waals surface area contributed by atoms with E-state index in [2.05, 4.69) is 0 Å². The second kappa shape index (κ2) is 7.27. The topological polar surface area (TPSA) is 76.1 Å². The first kappa shape index (κ1) is 18.7. The lowest BCUT2D eigenvalue weighted by Gasteiger charge is -2.32. The van der Waals surface area contributed by atoms with E-state index in [4.69, 9.17) is 9.47 Å². The van der Waals surface area contributed by atoms with E-state index in [1.807, 2.05) is 38.1 Å². The number of hydrogen-bond acceptors (Lipinski definition) is 4. The largest absolute Gasteiger partial charge is 0.496 e. The van der Waals surface area contributed by atoms with Crippen LogP contribution >= 0.6 is 0 Å². The minimum absolute atomic E-state index is 0.0226. The summed E-state index contributed by atoms with van der Waals surface area (Å²) < 4.78 is 11.3. The molecule has 1 aliphatic carbocycles. The van der Waals surface area contributed by atoms with Gasteiger partial charge in [0.1, 0.15) is 5.75 Å². The molecule has 2 aliphatic rings. The van der Waals surface area contributed by atoms with Crippen molar-refractivity contribution < 1.29 is 24.2 Å². The van der Waals surface area contributed by atoms with Gasteiger partial charge in [-0.25, -0.2) is 0 Å². The summed E-state index contributed by atoms with van der Waals surface area (Å²) in [5.74, 6) is -1.04. The van der Waals surface area contributed by atoms with Gasteiger partial charge >= 0.3 is 5.97 Å². The normalized spacial score (nSPS) is 25.0. The Labute approximate surface area is 154 Å². The van der Waals surface area contributed by atoms with Crippen LogP contribution < -0.4 is 4.74 Å². The minimum atomic E-state index is -0.872. The zero-order chi connectivity index (χ0) is 18.9. The number of carbonyl (C=O) groups is 2. The fourth-order valence-electron chi connectivity index (χ4n) is 4.03. The molecule has 1 saturated carbocycles. The van der Waals surface area contributed by atoms with Crippen molar-refractivity contribution in [3.8, 4) is 5.75 Å². The van der Waals surface area contributed by atoms with E-state index in [0.29, 0.717) is 19.7 Å². The first-order chi connectivity index (χ1) is 12.4. The summed E-state index contributed by atoms with van der Waals surface area (Å²) in [7, 11) is 1.65.